The molecular formula is C17H21NOS. The number of ether oxygens (including phenoxy) is 1. The highest BCUT2D eigenvalue weighted by Crippen LogP contribution is 2.37. The van der Waals surface area contributed by atoms with Crippen molar-refractivity contribution in [1.29, 1.82) is 0 Å². The molecule has 2 aromatic rings. The van der Waals surface area contributed by atoms with Crippen molar-refractivity contribution in [2.75, 3.05) is 6.54 Å². The zero-order valence-electron chi connectivity index (χ0n) is 11.9. The van der Waals surface area contributed by atoms with Crippen molar-refractivity contribution < 1.29 is 4.74 Å². The van der Waals surface area contributed by atoms with E-state index in [4.69, 9.17) is 4.74 Å². The average molecular weight is 287 g/mol. The number of benzene rings is 1. The lowest BCUT2D eigenvalue weighted by Gasteiger charge is -2.14. The molecule has 2 nitrogen and oxygen atoms in total. The van der Waals surface area contributed by atoms with E-state index < -0.39 is 0 Å². The first kappa shape index (κ1) is 13.7. The van der Waals surface area contributed by atoms with Gasteiger partial charge in [-0.2, -0.15) is 11.3 Å². The Bertz CT molecular complexity index is 550. The molecule has 0 saturated carbocycles. The number of nitrogens with one attached hydrogen (secondary N) is 1. The monoisotopic (exact) mass is 287 g/mol. The van der Waals surface area contributed by atoms with Gasteiger partial charge in [-0.05, 0) is 65.4 Å². The van der Waals surface area contributed by atoms with Crippen LogP contribution >= 0.6 is 11.3 Å². The second kappa shape index (κ2) is 6.42. The highest BCUT2D eigenvalue weighted by Gasteiger charge is 2.24. The van der Waals surface area contributed by atoms with Gasteiger partial charge in [-0.3, -0.25) is 0 Å². The van der Waals surface area contributed by atoms with E-state index in [1.165, 1.54) is 29.5 Å². The van der Waals surface area contributed by atoms with Crippen LogP contribution in [0.4, 0.5) is 0 Å². The minimum absolute atomic E-state index is 0.509. The highest BCUT2D eigenvalue weighted by molar-refractivity contribution is 7.07. The van der Waals surface area contributed by atoms with Crippen LogP contribution in [0.25, 0.3) is 0 Å². The Balaban J connectivity index is 1.72. The number of thiophene rings is 1. The quantitative estimate of drug-likeness (QED) is 0.854. The van der Waals surface area contributed by atoms with E-state index in [0.717, 1.165) is 18.7 Å². The van der Waals surface area contributed by atoms with Gasteiger partial charge in [-0.1, -0.05) is 19.1 Å². The van der Waals surface area contributed by atoms with Crippen LogP contribution in [0.1, 0.15) is 42.5 Å². The standard InChI is InChI=1S/C17H21NOS/c1-2-9-18-16-7-6-15-14(16)4-3-5-17(15)19-11-13-8-10-20-12-13/h3-5,8,10,12,16,18H,2,6-7,9,11H2,1H3. The summed E-state index contributed by atoms with van der Waals surface area (Å²) >= 11 is 1.72. The van der Waals surface area contributed by atoms with Crippen LogP contribution in [-0.4, -0.2) is 6.54 Å². The largest absolute Gasteiger partial charge is 0.489 e. The van der Waals surface area contributed by atoms with Crippen LogP contribution in [-0.2, 0) is 13.0 Å². The zero-order valence-corrected chi connectivity index (χ0v) is 12.7. The normalized spacial score (nSPS) is 17.1. The van der Waals surface area contributed by atoms with E-state index in [1.807, 2.05) is 0 Å². The van der Waals surface area contributed by atoms with Crippen molar-refractivity contribution in [2.24, 2.45) is 0 Å². The van der Waals surface area contributed by atoms with Gasteiger partial charge in [-0.15, -0.1) is 0 Å². The molecule has 1 aliphatic rings. The summed E-state index contributed by atoms with van der Waals surface area (Å²) in [5, 5.41) is 7.87. The molecule has 0 radical (unpaired) electrons. The Kier molecular flexibility index (Phi) is 4.38. The van der Waals surface area contributed by atoms with Crippen LogP contribution in [0, 0.1) is 0 Å². The second-order valence-corrected chi connectivity index (χ2v) is 6.07. The van der Waals surface area contributed by atoms with E-state index in [2.05, 4.69) is 47.3 Å². The van der Waals surface area contributed by atoms with Crippen LogP contribution in [0.3, 0.4) is 0 Å². The molecule has 3 rings (SSSR count). The molecule has 0 bridgehead atoms. The Labute approximate surface area is 124 Å². The van der Waals surface area contributed by atoms with E-state index in [9.17, 15) is 0 Å². The predicted molar refractivity (Wildman–Crippen MR) is 84.4 cm³/mol. The minimum Gasteiger partial charge on any atom is -0.489 e. The van der Waals surface area contributed by atoms with Crippen LogP contribution in [0.2, 0.25) is 0 Å². The van der Waals surface area contributed by atoms with Gasteiger partial charge >= 0.3 is 0 Å². The van der Waals surface area contributed by atoms with Gasteiger partial charge in [0.15, 0.2) is 0 Å². The Hall–Kier alpha value is -1.32. The van der Waals surface area contributed by atoms with Gasteiger partial charge in [-0.25, -0.2) is 0 Å². The molecule has 0 aliphatic heterocycles. The third-order valence-corrected chi connectivity index (χ3v) is 4.57. The van der Waals surface area contributed by atoms with Crippen molar-refractivity contribution in [3.63, 3.8) is 0 Å². The van der Waals surface area contributed by atoms with E-state index in [0.29, 0.717) is 12.6 Å². The topological polar surface area (TPSA) is 21.3 Å². The molecule has 20 heavy (non-hydrogen) atoms. The van der Waals surface area contributed by atoms with Gasteiger partial charge in [0.05, 0.1) is 0 Å². The van der Waals surface area contributed by atoms with Crippen molar-refractivity contribution in [2.45, 2.75) is 38.8 Å². The summed E-state index contributed by atoms with van der Waals surface area (Å²) in [5.74, 6) is 1.06. The fraction of sp³-hybridized carbons (Fsp3) is 0.412. The van der Waals surface area contributed by atoms with Gasteiger partial charge in [0, 0.05) is 6.04 Å². The first-order valence-corrected chi connectivity index (χ1v) is 8.32. The first-order chi connectivity index (χ1) is 9.88. The lowest BCUT2D eigenvalue weighted by Crippen LogP contribution is -2.19. The van der Waals surface area contributed by atoms with Crippen molar-refractivity contribution in [3.8, 4) is 5.75 Å². The molecule has 0 saturated heterocycles. The van der Waals surface area contributed by atoms with Crippen LogP contribution < -0.4 is 10.1 Å². The maximum absolute atomic E-state index is 6.02. The molecule has 1 aliphatic carbocycles. The first-order valence-electron chi connectivity index (χ1n) is 7.37. The lowest BCUT2D eigenvalue weighted by molar-refractivity contribution is 0.304. The van der Waals surface area contributed by atoms with Gasteiger partial charge in [0.25, 0.3) is 0 Å². The van der Waals surface area contributed by atoms with Gasteiger partial charge < -0.3 is 10.1 Å². The number of fused-ring (bicyclic) bond motifs is 1. The second-order valence-electron chi connectivity index (χ2n) is 5.29. The summed E-state index contributed by atoms with van der Waals surface area (Å²) in [6, 6.07) is 9.10. The van der Waals surface area contributed by atoms with Gasteiger partial charge in [0.1, 0.15) is 12.4 Å². The summed E-state index contributed by atoms with van der Waals surface area (Å²) in [6.07, 6.45) is 3.49. The molecule has 1 heterocycles. The SMILES string of the molecule is CCCNC1CCc2c(OCc3ccsc3)cccc21. The molecule has 106 valence electrons. The Morgan fingerprint density at radius 3 is 3.10 bits per heavy atom. The van der Waals surface area contributed by atoms with Crippen LogP contribution in [0.5, 0.6) is 5.75 Å². The van der Waals surface area contributed by atoms with Crippen LogP contribution in [0.15, 0.2) is 35.0 Å². The molecule has 0 fully saturated rings. The summed E-state index contributed by atoms with van der Waals surface area (Å²) < 4.78 is 6.02. The van der Waals surface area contributed by atoms with Crippen molar-refractivity contribution >= 4 is 11.3 Å². The average Bonchev–Trinajstić information content (AvgIpc) is 3.12. The zero-order chi connectivity index (χ0) is 13.8. The molecule has 0 spiro atoms. The summed E-state index contributed by atoms with van der Waals surface area (Å²) in [7, 11) is 0. The minimum atomic E-state index is 0.509. The number of rotatable bonds is 6. The molecule has 1 aromatic heterocycles. The molecule has 1 aromatic carbocycles. The third kappa shape index (κ3) is 2.89. The molecule has 1 unspecified atom stereocenters. The molecule has 1 atom stereocenters. The third-order valence-electron chi connectivity index (χ3n) is 3.84. The Morgan fingerprint density at radius 1 is 1.35 bits per heavy atom. The van der Waals surface area contributed by atoms with E-state index in [1.54, 1.807) is 11.3 Å². The summed E-state index contributed by atoms with van der Waals surface area (Å²) in [5.41, 5.74) is 4.09. The summed E-state index contributed by atoms with van der Waals surface area (Å²) in [4.78, 5) is 0. The fourth-order valence-corrected chi connectivity index (χ4v) is 3.48. The Morgan fingerprint density at radius 2 is 2.30 bits per heavy atom. The highest BCUT2D eigenvalue weighted by atomic mass is 32.1. The number of hydrogen-bond acceptors (Lipinski definition) is 3. The predicted octanol–water partition coefficient (Wildman–Crippen LogP) is 4.31. The van der Waals surface area contributed by atoms with Crippen molar-refractivity contribution in [1.82, 2.24) is 5.32 Å². The number of hydrogen-bond donors (Lipinski definition) is 1. The maximum Gasteiger partial charge on any atom is 0.123 e. The van der Waals surface area contributed by atoms with E-state index in [-0.39, 0.29) is 0 Å². The molecule has 1 N–H and O–H groups in total. The summed E-state index contributed by atoms with van der Waals surface area (Å²) in [6.45, 7) is 3.97. The van der Waals surface area contributed by atoms with Gasteiger partial charge in [0.2, 0.25) is 0 Å². The van der Waals surface area contributed by atoms with E-state index >= 15 is 0 Å². The smallest absolute Gasteiger partial charge is 0.123 e. The van der Waals surface area contributed by atoms with Crippen molar-refractivity contribution in [3.05, 3.63) is 51.7 Å². The molecule has 3 heteroatoms. The maximum atomic E-state index is 6.02. The lowest BCUT2D eigenvalue weighted by atomic mass is 10.1. The molecular weight excluding hydrogens is 266 g/mol. The fourth-order valence-electron chi connectivity index (χ4n) is 2.82. The molecule has 0 amide bonds.